The van der Waals surface area contributed by atoms with Gasteiger partial charge in [0.2, 0.25) is 5.91 Å². The number of amides is 1. The molecular weight excluding hydrogens is 266 g/mol. The van der Waals surface area contributed by atoms with E-state index >= 15 is 0 Å². The molecule has 4 nitrogen and oxygen atoms in total. The molecule has 1 aliphatic rings. The number of aromatic hydroxyl groups is 2. The highest BCUT2D eigenvalue weighted by atomic mass is 16.3. The van der Waals surface area contributed by atoms with Gasteiger partial charge in [0.15, 0.2) is 11.5 Å². The number of phenolic OH excluding ortho intramolecular Hbond substituents is 2. The number of carbonyl (C=O) groups is 1. The minimum atomic E-state index is -0.150. The van der Waals surface area contributed by atoms with Crippen molar-refractivity contribution in [3.8, 4) is 11.5 Å². The molecule has 3 unspecified atom stereocenters. The number of rotatable bonds is 4. The summed E-state index contributed by atoms with van der Waals surface area (Å²) in [6.07, 6.45) is 5.26. The fraction of sp³-hybridized carbons (Fsp3) is 0.588. The summed E-state index contributed by atoms with van der Waals surface area (Å²) in [6, 6.07) is 5.00. The van der Waals surface area contributed by atoms with Crippen LogP contribution in [0.1, 0.15) is 45.1 Å². The molecule has 1 aromatic carbocycles. The molecule has 0 spiro atoms. The van der Waals surface area contributed by atoms with Crippen molar-refractivity contribution in [3.05, 3.63) is 23.8 Å². The Morgan fingerprint density at radius 1 is 1.29 bits per heavy atom. The summed E-state index contributed by atoms with van der Waals surface area (Å²) in [6.45, 7) is 4.10. The second-order valence-electron chi connectivity index (χ2n) is 6.31. The van der Waals surface area contributed by atoms with Crippen LogP contribution in [0, 0.1) is 11.8 Å². The molecule has 116 valence electrons. The lowest BCUT2D eigenvalue weighted by atomic mass is 9.85. The van der Waals surface area contributed by atoms with E-state index in [9.17, 15) is 15.0 Å². The van der Waals surface area contributed by atoms with Gasteiger partial charge in [-0.1, -0.05) is 32.8 Å². The average molecular weight is 291 g/mol. The van der Waals surface area contributed by atoms with Gasteiger partial charge < -0.3 is 15.5 Å². The Bertz CT molecular complexity index is 501. The number of carbonyl (C=O) groups excluding carboxylic acids is 1. The van der Waals surface area contributed by atoms with Gasteiger partial charge in [0.05, 0.1) is 0 Å². The number of benzene rings is 1. The standard InChI is InChI=1S/C17H25NO3/c1-11-5-3-4-6-14(11)18-17(21)12(2)9-13-7-8-15(19)16(20)10-13/h7-8,10-12,14,19-20H,3-6,9H2,1-2H3,(H,18,21). The second-order valence-corrected chi connectivity index (χ2v) is 6.31. The van der Waals surface area contributed by atoms with E-state index in [4.69, 9.17) is 0 Å². The fourth-order valence-corrected chi connectivity index (χ4v) is 3.00. The van der Waals surface area contributed by atoms with E-state index in [2.05, 4.69) is 12.2 Å². The van der Waals surface area contributed by atoms with Crippen LogP contribution in [0.15, 0.2) is 18.2 Å². The SMILES string of the molecule is CC(Cc1ccc(O)c(O)c1)C(=O)NC1CCCCC1C. The van der Waals surface area contributed by atoms with Gasteiger partial charge in [-0.05, 0) is 42.9 Å². The second kappa shape index (κ2) is 6.83. The fourth-order valence-electron chi connectivity index (χ4n) is 3.00. The Morgan fingerprint density at radius 2 is 2.00 bits per heavy atom. The van der Waals surface area contributed by atoms with Gasteiger partial charge in [-0.2, -0.15) is 0 Å². The molecule has 0 heterocycles. The van der Waals surface area contributed by atoms with Crippen LogP contribution in [0.4, 0.5) is 0 Å². The Kier molecular flexibility index (Phi) is 5.10. The molecule has 0 saturated heterocycles. The minimum absolute atomic E-state index is 0.0707. The summed E-state index contributed by atoms with van der Waals surface area (Å²) in [5.74, 6) is 0.199. The number of hydrogen-bond acceptors (Lipinski definition) is 3. The zero-order chi connectivity index (χ0) is 15.4. The minimum Gasteiger partial charge on any atom is -0.504 e. The molecule has 0 aliphatic heterocycles. The van der Waals surface area contributed by atoms with Gasteiger partial charge in [-0.25, -0.2) is 0 Å². The maximum absolute atomic E-state index is 12.3. The normalized spacial score (nSPS) is 23.5. The largest absolute Gasteiger partial charge is 0.504 e. The number of nitrogens with one attached hydrogen (secondary N) is 1. The van der Waals surface area contributed by atoms with Crippen LogP contribution in [0.3, 0.4) is 0 Å². The molecular formula is C17H25NO3. The highest BCUT2D eigenvalue weighted by molar-refractivity contribution is 5.79. The van der Waals surface area contributed by atoms with Crippen molar-refractivity contribution in [1.29, 1.82) is 0 Å². The molecule has 1 aromatic rings. The maximum atomic E-state index is 12.3. The summed E-state index contributed by atoms with van der Waals surface area (Å²) in [5.41, 5.74) is 0.852. The summed E-state index contributed by atoms with van der Waals surface area (Å²) in [5, 5.41) is 22.0. The summed E-state index contributed by atoms with van der Waals surface area (Å²) in [4.78, 5) is 12.3. The first-order valence-electron chi connectivity index (χ1n) is 7.78. The lowest BCUT2D eigenvalue weighted by molar-refractivity contribution is -0.125. The third-order valence-corrected chi connectivity index (χ3v) is 4.47. The van der Waals surface area contributed by atoms with Crippen molar-refractivity contribution in [2.45, 2.75) is 52.0 Å². The number of phenols is 2. The first-order valence-corrected chi connectivity index (χ1v) is 7.78. The van der Waals surface area contributed by atoms with Crippen LogP contribution in [0.25, 0.3) is 0 Å². The Labute approximate surface area is 126 Å². The van der Waals surface area contributed by atoms with E-state index in [0.29, 0.717) is 18.4 Å². The summed E-state index contributed by atoms with van der Waals surface area (Å²) >= 11 is 0. The molecule has 1 saturated carbocycles. The van der Waals surface area contributed by atoms with Crippen molar-refractivity contribution in [2.24, 2.45) is 11.8 Å². The van der Waals surface area contributed by atoms with Crippen molar-refractivity contribution in [3.63, 3.8) is 0 Å². The molecule has 1 amide bonds. The van der Waals surface area contributed by atoms with Gasteiger partial charge in [-0.15, -0.1) is 0 Å². The highest BCUT2D eigenvalue weighted by Gasteiger charge is 2.24. The van der Waals surface area contributed by atoms with Crippen LogP contribution >= 0.6 is 0 Å². The van der Waals surface area contributed by atoms with Crippen LogP contribution in [0.5, 0.6) is 11.5 Å². The summed E-state index contributed by atoms with van der Waals surface area (Å²) in [7, 11) is 0. The predicted octanol–water partition coefficient (Wildman–Crippen LogP) is 2.97. The van der Waals surface area contributed by atoms with Gasteiger partial charge in [-0.3, -0.25) is 4.79 Å². The van der Waals surface area contributed by atoms with E-state index in [1.54, 1.807) is 6.07 Å². The molecule has 3 N–H and O–H groups in total. The molecule has 0 aromatic heterocycles. The zero-order valence-electron chi connectivity index (χ0n) is 12.8. The van der Waals surface area contributed by atoms with Crippen LogP contribution in [0.2, 0.25) is 0 Å². The zero-order valence-corrected chi connectivity index (χ0v) is 12.8. The van der Waals surface area contributed by atoms with Crippen molar-refractivity contribution in [2.75, 3.05) is 0 Å². The number of hydrogen-bond donors (Lipinski definition) is 3. The van der Waals surface area contributed by atoms with Crippen LogP contribution in [-0.4, -0.2) is 22.2 Å². The first kappa shape index (κ1) is 15.7. The molecule has 21 heavy (non-hydrogen) atoms. The monoisotopic (exact) mass is 291 g/mol. The van der Waals surface area contributed by atoms with Crippen LogP contribution in [-0.2, 0) is 11.2 Å². The van der Waals surface area contributed by atoms with Crippen molar-refractivity contribution < 1.29 is 15.0 Å². The van der Waals surface area contributed by atoms with Gasteiger partial charge >= 0.3 is 0 Å². The predicted molar refractivity (Wildman–Crippen MR) is 82.2 cm³/mol. The first-order chi connectivity index (χ1) is 9.97. The molecule has 0 radical (unpaired) electrons. The van der Waals surface area contributed by atoms with E-state index < -0.39 is 0 Å². The Morgan fingerprint density at radius 3 is 2.67 bits per heavy atom. The summed E-state index contributed by atoms with van der Waals surface area (Å²) < 4.78 is 0. The topological polar surface area (TPSA) is 69.6 Å². The lowest BCUT2D eigenvalue weighted by Crippen LogP contribution is -2.43. The molecule has 4 heteroatoms. The van der Waals surface area contributed by atoms with Gasteiger partial charge in [0, 0.05) is 12.0 Å². The quantitative estimate of drug-likeness (QED) is 0.747. The van der Waals surface area contributed by atoms with Gasteiger partial charge in [0.1, 0.15) is 0 Å². The Hall–Kier alpha value is -1.71. The molecule has 3 atom stereocenters. The third-order valence-electron chi connectivity index (χ3n) is 4.47. The van der Waals surface area contributed by atoms with E-state index in [1.165, 1.54) is 31.4 Å². The Balaban J connectivity index is 1.91. The lowest BCUT2D eigenvalue weighted by Gasteiger charge is -2.30. The van der Waals surface area contributed by atoms with Crippen molar-refractivity contribution >= 4 is 5.91 Å². The van der Waals surface area contributed by atoms with E-state index in [-0.39, 0.29) is 23.3 Å². The average Bonchev–Trinajstić information content (AvgIpc) is 2.45. The molecule has 2 rings (SSSR count). The van der Waals surface area contributed by atoms with Crippen LogP contribution < -0.4 is 5.32 Å². The van der Waals surface area contributed by atoms with E-state index in [1.807, 2.05) is 6.92 Å². The molecule has 0 bridgehead atoms. The third kappa shape index (κ3) is 4.13. The maximum Gasteiger partial charge on any atom is 0.223 e. The molecule has 1 aliphatic carbocycles. The molecule has 1 fully saturated rings. The van der Waals surface area contributed by atoms with E-state index in [0.717, 1.165) is 12.0 Å². The van der Waals surface area contributed by atoms with Crippen molar-refractivity contribution in [1.82, 2.24) is 5.32 Å². The smallest absolute Gasteiger partial charge is 0.223 e. The highest BCUT2D eigenvalue weighted by Crippen LogP contribution is 2.27. The van der Waals surface area contributed by atoms with Gasteiger partial charge in [0.25, 0.3) is 0 Å².